The van der Waals surface area contributed by atoms with Gasteiger partial charge in [-0.05, 0) is 12.0 Å². The lowest BCUT2D eigenvalue weighted by molar-refractivity contribution is 0.714. The zero-order valence-corrected chi connectivity index (χ0v) is 10.7. The van der Waals surface area contributed by atoms with E-state index in [2.05, 4.69) is 41.3 Å². The molecule has 86 valence electrons. The number of aromatic nitrogens is 3. The number of hydrogen-bond acceptors (Lipinski definition) is 3. The monoisotopic (exact) mass is 235 g/mol. The molecule has 0 aliphatic heterocycles. The molecule has 0 fully saturated rings. The van der Waals surface area contributed by atoms with E-state index in [9.17, 15) is 0 Å². The maximum absolute atomic E-state index is 4.64. The van der Waals surface area contributed by atoms with E-state index in [4.69, 9.17) is 0 Å². The predicted molar refractivity (Wildman–Crippen MR) is 66.9 cm³/mol. The minimum absolute atomic E-state index is 0.428. The highest BCUT2D eigenvalue weighted by Gasteiger charge is 2.12. The van der Waals surface area contributed by atoms with Gasteiger partial charge in [0.15, 0.2) is 0 Å². The summed E-state index contributed by atoms with van der Waals surface area (Å²) in [6.45, 7) is 6.54. The van der Waals surface area contributed by atoms with Gasteiger partial charge in [-0.3, -0.25) is 5.10 Å². The van der Waals surface area contributed by atoms with Crippen molar-refractivity contribution < 1.29 is 0 Å². The first-order valence-corrected chi connectivity index (χ1v) is 6.48. The van der Waals surface area contributed by atoms with Crippen molar-refractivity contribution in [2.75, 3.05) is 0 Å². The summed E-state index contributed by atoms with van der Waals surface area (Å²) >= 11 is 1.75. The number of nitrogens with zero attached hydrogens (tertiary/aromatic N) is 2. The van der Waals surface area contributed by atoms with E-state index >= 15 is 0 Å². The third kappa shape index (κ3) is 2.50. The molecule has 0 saturated heterocycles. The van der Waals surface area contributed by atoms with Crippen LogP contribution in [-0.4, -0.2) is 15.2 Å². The molecular formula is C12H17N3S. The number of hydrogen-bond donors (Lipinski definition) is 1. The maximum atomic E-state index is 4.64. The Morgan fingerprint density at radius 3 is 2.69 bits per heavy atom. The Hall–Kier alpha value is -1.16. The SMILES string of the molecule is CC(C)c1csc(CC(C)c2cc[nH]n2)n1. The molecular weight excluding hydrogens is 218 g/mol. The lowest BCUT2D eigenvalue weighted by Gasteiger charge is -2.05. The first kappa shape index (κ1) is 11.3. The smallest absolute Gasteiger partial charge is 0.0934 e. The van der Waals surface area contributed by atoms with Gasteiger partial charge in [-0.1, -0.05) is 20.8 Å². The van der Waals surface area contributed by atoms with Gasteiger partial charge in [0.05, 0.1) is 16.4 Å². The quantitative estimate of drug-likeness (QED) is 0.883. The summed E-state index contributed by atoms with van der Waals surface area (Å²) in [5, 5.41) is 10.4. The normalized spacial score (nSPS) is 13.2. The number of thiazole rings is 1. The van der Waals surface area contributed by atoms with Crippen LogP contribution in [0, 0.1) is 0 Å². The topological polar surface area (TPSA) is 41.6 Å². The highest BCUT2D eigenvalue weighted by atomic mass is 32.1. The molecule has 2 heterocycles. The van der Waals surface area contributed by atoms with Crippen LogP contribution in [0.15, 0.2) is 17.6 Å². The van der Waals surface area contributed by atoms with Gasteiger partial charge in [-0.2, -0.15) is 5.10 Å². The average molecular weight is 235 g/mol. The van der Waals surface area contributed by atoms with Crippen molar-refractivity contribution in [1.29, 1.82) is 0 Å². The van der Waals surface area contributed by atoms with E-state index in [1.165, 1.54) is 10.7 Å². The van der Waals surface area contributed by atoms with Gasteiger partial charge in [0, 0.05) is 23.9 Å². The standard InChI is InChI=1S/C12H17N3S/c1-8(2)11-7-16-12(14-11)6-9(3)10-4-5-13-15-10/h4-5,7-9H,6H2,1-3H3,(H,13,15). The Balaban J connectivity index is 2.03. The van der Waals surface area contributed by atoms with Gasteiger partial charge in [0.1, 0.15) is 0 Å². The second-order valence-electron chi connectivity index (χ2n) is 4.43. The molecule has 0 aromatic carbocycles. The Morgan fingerprint density at radius 2 is 2.12 bits per heavy atom. The van der Waals surface area contributed by atoms with Crippen LogP contribution in [0.2, 0.25) is 0 Å². The molecule has 3 nitrogen and oxygen atoms in total. The molecule has 0 saturated carbocycles. The second-order valence-corrected chi connectivity index (χ2v) is 5.37. The summed E-state index contributed by atoms with van der Waals surface area (Å²) in [6, 6.07) is 2.03. The van der Waals surface area contributed by atoms with Gasteiger partial charge in [0.25, 0.3) is 0 Å². The highest BCUT2D eigenvalue weighted by molar-refractivity contribution is 7.09. The van der Waals surface area contributed by atoms with Crippen LogP contribution in [-0.2, 0) is 6.42 Å². The summed E-state index contributed by atoms with van der Waals surface area (Å²) in [5.74, 6) is 0.947. The summed E-state index contributed by atoms with van der Waals surface area (Å²) in [5.41, 5.74) is 2.32. The van der Waals surface area contributed by atoms with Crippen LogP contribution in [0.25, 0.3) is 0 Å². The van der Waals surface area contributed by atoms with Crippen molar-refractivity contribution >= 4 is 11.3 Å². The lowest BCUT2D eigenvalue weighted by Crippen LogP contribution is -1.99. The summed E-state index contributed by atoms with van der Waals surface area (Å²) in [6.07, 6.45) is 2.84. The zero-order valence-electron chi connectivity index (χ0n) is 9.90. The Kier molecular flexibility index (Phi) is 3.39. The van der Waals surface area contributed by atoms with Gasteiger partial charge < -0.3 is 0 Å². The molecule has 1 unspecified atom stereocenters. The molecule has 0 bridgehead atoms. The zero-order chi connectivity index (χ0) is 11.5. The van der Waals surface area contributed by atoms with Gasteiger partial charge in [0.2, 0.25) is 0 Å². The van der Waals surface area contributed by atoms with Crippen LogP contribution >= 0.6 is 11.3 Å². The van der Waals surface area contributed by atoms with Crippen LogP contribution in [0.4, 0.5) is 0 Å². The molecule has 0 aliphatic carbocycles. The van der Waals surface area contributed by atoms with Gasteiger partial charge in [-0.25, -0.2) is 4.98 Å². The van der Waals surface area contributed by atoms with Crippen LogP contribution in [0.5, 0.6) is 0 Å². The number of rotatable bonds is 4. The summed E-state index contributed by atoms with van der Waals surface area (Å²) in [7, 11) is 0. The third-order valence-electron chi connectivity index (χ3n) is 2.67. The molecule has 0 spiro atoms. The summed E-state index contributed by atoms with van der Waals surface area (Å²) < 4.78 is 0. The molecule has 0 aliphatic rings. The van der Waals surface area contributed by atoms with Crippen LogP contribution in [0.3, 0.4) is 0 Å². The second kappa shape index (κ2) is 4.78. The molecule has 2 rings (SSSR count). The average Bonchev–Trinajstić information content (AvgIpc) is 2.87. The minimum atomic E-state index is 0.428. The molecule has 2 aromatic heterocycles. The number of nitrogens with one attached hydrogen (secondary N) is 1. The summed E-state index contributed by atoms with van der Waals surface area (Å²) in [4.78, 5) is 4.64. The fourth-order valence-electron chi connectivity index (χ4n) is 1.60. The van der Waals surface area contributed by atoms with E-state index < -0.39 is 0 Å². The maximum Gasteiger partial charge on any atom is 0.0934 e. The van der Waals surface area contributed by atoms with E-state index in [-0.39, 0.29) is 0 Å². The van der Waals surface area contributed by atoms with E-state index in [0.29, 0.717) is 11.8 Å². The highest BCUT2D eigenvalue weighted by Crippen LogP contribution is 2.23. The van der Waals surface area contributed by atoms with Gasteiger partial charge >= 0.3 is 0 Å². The van der Waals surface area contributed by atoms with Crippen molar-refractivity contribution in [2.45, 2.75) is 39.0 Å². The molecule has 16 heavy (non-hydrogen) atoms. The molecule has 0 amide bonds. The van der Waals surface area contributed by atoms with Crippen LogP contribution in [0.1, 0.15) is 49.0 Å². The Bertz CT molecular complexity index is 431. The fraction of sp³-hybridized carbons (Fsp3) is 0.500. The largest absolute Gasteiger partial charge is 0.285 e. The number of aromatic amines is 1. The minimum Gasteiger partial charge on any atom is -0.285 e. The lowest BCUT2D eigenvalue weighted by atomic mass is 10.1. The first-order chi connectivity index (χ1) is 7.66. The van der Waals surface area contributed by atoms with Crippen molar-refractivity contribution in [2.24, 2.45) is 0 Å². The van der Waals surface area contributed by atoms with Gasteiger partial charge in [-0.15, -0.1) is 11.3 Å². The predicted octanol–water partition coefficient (Wildman–Crippen LogP) is 3.34. The Labute approximate surface area is 99.9 Å². The van der Waals surface area contributed by atoms with E-state index in [0.717, 1.165) is 12.1 Å². The van der Waals surface area contributed by atoms with Crippen molar-refractivity contribution in [1.82, 2.24) is 15.2 Å². The van der Waals surface area contributed by atoms with Crippen molar-refractivity contribution in [3.8, 4) is 0 Å². The number of H-pyrrole nitrogens is 1. The third-order valence-corrected chi connectivity index (χ3v) is 3.56. The molecule has 1 atom stereocenters. The Morgan fingerprint density at radius 1 is 1.31 bits per heavy atom. The van der Waals surface area contributed by atoms with Crippen LogP contribution < -0.4 is 0 Å². The van der Waals surface area contributed by atoms with E-state index in [1.54, 1.807) is 11.3 Å². The molecule has 4 heteroatoms. The molecule has 1 N–H and O–H groups in total. The fourth-order valence-corrected chi connectivity index (χ4v) is 2.68. The molecule has 2 aromatic rings. The first-order valence-electron chi connectivity index (χ1n) is 5.60. The van der Waals surface area contributed by atoms with Crippen molar-refractivity contribution in [3.05, 3.63) is 34.0 Å². The molecule has 0 radical (unpaired) electrons. The van der Waals surface area contributed by atoms with E-state index in [1.807, 2.05) is 12.3 Å². The van der Waals surface area contributed by atoms with Crippen molar-refractivity contribution in [3.63, 3.8) is 0 Å².